The van der Waals surface area contributed by atoms with E-state index in [-0.39, 0.29) is 0 Å². The number of rotatable bonds is 10. The molecule has 0 N–H and O–H groups in total. The minimum absolute atomic E-state index is 1.08. The van der Waals surface area contributed by atoms with Crippen LogP contribution in [-0.2, 0) is 0 Å². The number of unbranched alkanes of at least 4 members (excludes halogenated alkanes) is 5. The fourth-order valence-electron chi connectivity index (χ4n) is 5.52. The molecule has 0 aliphatic heterocycles. The molecule has 0 nitrogen and oxygen atoms in total. The van der Waals surface area contributed by atoms with E-state index in [2.05, 4.69) is 13.8 Å². The van der Waals surface area contributed by atoms with Crippen molar-refractivity contribution < 1.29 is 0 Å². The van der Waals surface area contributed by atoms with E-state index in [4.69, 9.17) is 0 Å². The zero-order valence-electron chi connectivity index (χ0n) is 16.3. The van der Waals surface area contributed by atoms with Gasteiger partial charge < -0.3 is 0 Å². The van der Waals surface area contributed by atoms with Gasteiger partial charge in [0.05, 0.1) is 0 Å². The van der Waals surface area contributed by atoms with Gasteiger partial charge in [-0.25, -0.2) is 0 Å². The van der Waals surface area contributed by atoms with Crippen molar-refractivity contribution in [3.8, 4) is 0 Å². The molecule has 0 spiro atoms. The minimum atomic E-state index is 1.08. The molecule has 2 aliphatic rings. The van der Waals surface area contributed by atoms with Crippen LogP contribution in [0.5, 0.6) is 0 Å². The molecule has 2 saturated carbocycles. The molecule has 2 rings (SSSR count). The Hall–Kier alpha value is 0. The molecule has 0 atom stereocenters. The highest BCUT2D eigenvalue weighted by Crippen LogP contribution is 2.43. The van der Waals surface area contributed by atoms with Gasteiger partial charge in [-0.2, -0.15) is 0 Å². The Morgan fingerprint density at radius 1 is 0.478 bits per heavy atom. The summed E-state index contributed by atoms with van der Waals surface area (Å²) >= 11 is 0. The maximum atomic E-state index is 2.36. The van der Waals surface area contributed by atoms with Crippen molar-refractivity contribution in [2.45, 2.75) is 123 Å². The van der Waals surface area contributed by atoms with Gasteiger partial charge in [0.25, 0.3) is 0 Å². The second-order valence-electron chi connectivity index (χ2n) is 8.91. The molecule has 0 heterocycles. The fraction of sp³-hybridized carbons (Fsp3) is 1.00. The average Bonchev–Trinajstić information content (AvgIpc) is 2.60. The maximum absolute atomic E-state index is 2.36. The molecule has 0 aromatic heterocycles. The summed E-state index contributed by atoms with van der Waals surface area (Å²) < 4.78 is 0. The highest BCUT2D eigenvalue weighted by molar-refractivity contribution is 4.82. The standard InChI is InChI=1S/C23H44/c1-3-5-6-7-8-9-11-21-14-18-23(19-15-21)22-16-12-20(10-4-2)13-17-22/h20-23H,3-19H2,1-2H3/t20-,21?,22-,23?. The van der Waals surface area contributed by atoms with Crippen LogP contribution in [0.4, 0.5) is 0 Å². The van der Waals surface area contributed by atoms with Crippen molar-refractivity contribution in [3.63, 3.8) is 0 Å². The smallest absolute Gasteiger partial charge is 0.0386 e. The molecule has 0 aromatic carbocycles. The van der Waals surface area contributed by atoms with Crippen LogP contribution < -0.4 is 0 Å². The van der Waals surface area contributed by atoms with Gasteiger partial charge in [-0.05, 0) is 49.4 Å². The lowest BCUT2D eigenvalue weighted by Crippen LogP contribution is -2.25. The zero-order valence-corrected chi connectivity index (χ0v) is 16.3. The Morgan fingerprint density at radius 2 is 0.957 bits per heavy atom. The quantitative estimate of drug-likeness (QED) is 0.356. The van der Waals surface area contributed by atoms with E-state index in [1.165, 1.54) is 51.4 Å². The van der Waals surface area contributed by atoms with E-state index in [0.29, 0.717) is 0 Å². The molecule has 0 bridgehead atoms. The summed E-state index contributed by atoms with van der Waals surface area (Å²) in [5.74, 6) is 4.39. The highest BCUT2D eigenvalue weighted by Gasteiger charge is 2.30. The molecular formula is C23H44. The predicted molar refractivity (Wildman–Crippen MR) is 104 cm³/mol. The van der Waals surface area contributed by atoms with Crippen LogP contribution in [0.25, 0.3) is 0 Å². The first-order chi connectivity index (χ1) is 11.3. The molecule has 23 heavy (non-hydrogen) atoms. The van der Waals surface area contributed by atoms with Crippen molar-refractivity contribution in [1.29, 1.82) is 0 Å². The van der Waals surface area contributed by atoms with Crippen LogP contribution in [0, 0.1) is 23.7 Å². The lowest BCUT2D eigenvalue weighted by molar-refractivity contribution is 0.140. The zero-order chi connectivity index (χ0) is 16.3. The molecule has 0 heteroatoms. The summed E-state index contributed by atoms with van der Waals surface area (Å²) in [5, 5.41) is 0. The van der Waals surface area contributed by atoms with Crippen LogP contribution in [-0.4, -0.2) is 0 Å². The van der Waals surface area contributed by atoms with Crippen molar-refractivity contribution in [2.24, 2.45) is 23.7 Å². The Kier molecular flexibility index (Phi) is 9.69. The van der Waals surface area contributed by atoms with E-state index in [9.17, 15) is 0 Å². The minimum Gasteiger partial charge on any atom is -0.0654 e. The van der Waals surface area contributed by atoms with Crippen molar-refractivity contribution >= 4 is 0 Å². The van der Waals surface area contributed by atoms with Gasteiger partial charge in [0.15, 0.2) is 0 Å². The second kappa shape index (κ2) is 11.5. The van der Waals surface area contributed by atoms with Gasteiger partial charge in [-0.15, -0.1) is 0 Å². The lowest BCUT2D eigenvalue weighted by Gasteiger charge is -2.38. The average molecular weight is 321 g/mol. The molecule has 2 fully saturated rings. The fourth-order valence-corrected chi connectivity index (χ4v) is 5.52. The van der Waals surface area contributed by atoms with Gasteiger partial charge in [-0.1, -0.05) is 97.3 Å². The third-order valence-electron chi connectivity index (χ3n) is 7.11. The first-order valence-electron chi connectivity index (χ1n) is 11.3. The molecule has 2 aliphatic carbocycles. The summed E-state index contributed by atoms with van der Waals surface area (Å²) in [6.45, 7) is 4.67. The van der Waals surface area contributed by atoms with Crippen LogP contribution in [0.3, 0.4) is 0 Å². The highest BCUT2D eigenvalue weighted by atomic mass is 14.4. The Balaban J connectivity index is 1.52. The van der Waals surface area contributed by atoms with Crippen LogP contribution in [0.2, 0.25) is 0 Å². The topological polar surface area (TPSA) is 0 Å². The largest absolute Gasteiger partial charge is 0.0654 e. The molecule has 0 saturated heterocycles. The molecule has 0 aromatic rings. The molecule has 136 valence electrons. The van der Waals surface area contributed by atoms with E-state index in [1.54, 1.807) is 57.8 Å². The van der Waals surface area contributed by atoms with E-state index in [1.807, 2.05) is 0 Å². The van der Waals surface area contributed by atoms with Gasteiger partial charge in [0, 0.05) is 0 Å². The monoisotopic (exact) mass is 320 g/mol. The number of hydrogen-bond donors (Lipinski definition) is 0. The molecule has 0 amide bonds. The van der Waals surface area contributed by atoms with Crippen molar-refractivity contribution in [3.05, 3.63) is 0 Å². The normalized spacial score (nSPS) is 32.1. The summed E-state index contributed by atoms with van der Waals surface area (Å²) in [5.41, 5.74) is 0. The van der Waals surface area contributed by atoms with Crippen molar-refractivity contribution in [1.82, 2.24) is 0 Å². The molecule has 0 radical (unpaired) electrons. The summed E-state index contributed by atoms with van der Waals surface area (Å²) in [7, 11) is 0. The van der Waals surface area contributed by atoms with Gasteiger partial charge >= 0.3 is 0 Å². The second-order valence-corrected chi connectivity index (χ2v) is 8.91. The predicted octanol–water partition coefficient (Wildman–Crippen LogP) is 8.15. The summed E-state index contributed by atoms with van der Waals surface area (Å²) in [6, 6.07) is 0. The third kappa shape index (κ3) is 7.18. The maximum Gasteiger partial charge on any atom is -0.0386 e. The Morgan fingerprint density at radius 3 is 1.48 bits per heavy atom. The first kappa shape index (κ1) is 19.3. The molecule has 0 unspecified atom stereocenters. The van der Waals surface area contributed by atoms with Gasteiger partial charge in [0.2, 0.25) is 0 Å². The summed E-state index contributed by atoms with van der Waals surface area (Å²) in [6.07, 6.45) is 25.8. The third-order valence-corrected chi connectivity index (χ3v) is 7.11. The van der Waals surface area contributed by atoms with E-state index >= 15 is 0 Å². The Bertz CT molecular complexity index is 266. The van der Waals surface area contributed by atoms with Crippen LogP contribution in [0.15, 0.2) is 0 Å². The van der Waals surface area contributed by atoms with Crippen LogP contribution in [0.1, 0.15) is 123 Å². The first-order valence-corrected chi connectivity index (χ1v) is 11.3. The van der Waals surface area contributed by atoms with E-state index < -0.39 is 0 Å². The Labute approximate surface area is 147 Å². The lowest BCUT2D eigenvalue weighted by atomic mass is 9.68. The number of hydrogen-bond acceptors (Lipinski definition) is 0. The van der Waals surface area contributed by atoms with Gasteiger partial charge in [-0.3, -0.25) is 0 Å². The van der Waals surface area contributed by atoms with E-state index in [0.717, 1.165) is 23.7 Å². The molecular weight excluding hydrogens is 276 g/mol. The van der Waals surface area contributed by atoms with Crippen molar-refractivity contribution in [2.75, 3.05) is 0 Å². The SMILES string of the molecule is CCCCCCCCC1CCC([C@H]2CC[C@H](CCC)CC2)CC1. The van der Waals surface area contributed by atoms with Crippen LogP contribution >= 0.6 is 0 Å². The summed E-state index contributed by atoms with van der Waals surface area (Å²) in [4.78, 5) is 0. The van der Waals surface area contributed by atoms with Gasteiger partial charge in [0.1, 0.15) is 0 Å².